The van der Waals surface area contributed by atoms with Gasteiger partial charge in [-0.15, -0.1) is 0 Å². The molecule has 0 unspecified atom stereocenters. The van der Waals surface area contributed by atoms with Crippen LogP contribution in [0, 0.1) is 0 Å². The third-order valence-corrected chi connectivity index (χ3v) is 3.69. The molecule has 0 bridgehead atoms. The predicted molar refractivity (Wildman–Crippen MR) is 68.9 cm³/mol. The predicted octanol–water partition coefficient (Wildman–Crippen LogP) is 0.981. The van der Waals surface area contributed by atoms with Gasteiger partial charge in [0, 0.05) is 31.6 Å². The Morgan fingerprint density at radius 3 is 2.78 bits per heavy atom. The van der Waals surface area contributed by atoms with E-state index in [4.69, 9.17) is 5.11 Å². The van der Waals surface area contributed by atoms with E-state index in [-0.39, 0.29) is 12.5 Å². The van der Waals surface area contributed by atoms with Crippen LogP contribution in [0.1, 0.15) is 16.8 Å². The number of rotatable bonds is 3. The van der Waals surface area contributed by atoms with Crippen molar-refractivity contribution in [2.75, 3.05) is 32.7 Å². The maximum Gasteiger partial charge on any atom is 0.317 e. The van der Waals surface area contributed by atoms with Gasteiger partial charge in [-0.2, -0.15) is 11.3 Å². The molecule has 1 aliphatic heterocycles. The molecule has 0 radical (unpaired) electrons. The van der Waals surface area contributed by atoms with Crippen LogP contribution in [0.25, 0.3) is 0 Å². The van der Waals surface area contributed by atoms with Crippen LogP contribution in [-0.2, 0) is 4.79 Å². The Labute approximate surface area is 110 Å². The molecule has 1 saturated heterocycles. The van der Waals surface area contributed by atoms with Crippen LogP contribution in [0.2, 0.25) is 0 Å². The summed E-state index contributed by atoms with van der Waals surface area (Å²) in [4.78, 5) is 26.5. The molecule has 1 N–H and O–H groups in total. The summed E-state index contributed by atoms with van der Waals surface area (Å²) < 4.78 is 0. The minimum absolute atomic E-state index is 0.0495. The van der Waals surface area contributed by atoms with Gasteiger partial charge in [0.05, 0.1) is 12.1 Å². The lowest BCUT2D eigenvalue weighted by molar-refractivity contribution is -0.138. The van der Waals surface area contributed by atoms with Gasteiger partial charge in [0.2, 0.25) is 0 Å². The zero-order valence-electron chi connectivity index (χ0n) is 10.0. The Morgan fingerprint density at radius 1 is 1.28 bits per heavy atom. The molecule has 2 rings (SSSR count). The van der Waals surface area contributed by atoms with Gasteiger partial charge in [-0.1, -0.05) is 0 Å². The average Bonchev–Trinajstić information content (AvgIpc) is 2.76. The van der Waals surface area contributed by atoms with Crippen LogP contribution >= 0.6 is 11.3 Å². The smallest absolute Gasteiger partial charge is 0.317 e. The van der Waals surface area contributed by atoms with Crippen molar-refractivity contribution < 1.29 is 14.7 Å². The van der Waals surface area contributed by atoms with Gasteiger partial charge < -0.3 is 10.0 Å². The minimum Gasteiger partial charge on any atom is -0.480 e. The molecule has 1 aromatic heterocycles. The highest BCUT2D eigenvalue weighted by Gasteiger charge is 2.21. The molecule has 18 heavy (non-hydrogen) atoms. The average molecular weight is 268 g/mol. The summed E-state index contributed by atoms with van der Waals surface area (Å²) in [5, 5.41) is 12.5. The summed E-state index contributed by atoms with van der Waals surface area (Å²) >= 11 is 1.51. The summed E-state index contributed by atoms with van der Waals surface area (Å²) in [6, 6.07) is 1.83. The van der Waals surface area contributed by atoms with Crippen molar-refractivity contribution >= 4 is 23.2 Å². The van der Waals surface area contributed by atoms with Crippen LogP contribution in [0.15, 0.2) is 16.8 Å². The second-order valence-electron chi connectivity index (χ2n) is 4.33. The Balaban J connectivity index is 1.93. The second kappa shape index (κ2) is 5.97. The number of thiophene rings is 1. The van der Waals surface area contributed by atoms with Gasteiger partial charge in [0.1, 0.15) is 0 Å². The molecule has 1 aliphatic rings. The van der Waals surface area contributed by atoms with Gasteiger partial charge >= 0.3 is 5.97 Å². The molecular weight excluding hydrogens is 252 g/mol. The number of hydrogen-bond acceptors (Lipinski definition) is 4. The molecule has 98 valence electrons. The fraction of sp³-hybridized carbons (Fsp3) is 0.500. The van der Waals surface area contributed by atoms with Gasteiger partial charge in [-0.05, 0) is 17.9 Å². The molecule has 1 fully saturated rings. The molecule has 0 aromatic carbocycles. The molecule has 0 saturated carbocycles. The van der Waals surface area contributed by atoms with Crippen LogP contribution in [0.3, 0.4) is 0 Å². The molecule has 5 nitrogen and oxygen atoms in total. The second-order valence-corrected chi connectivity index (χ2v) is 5.11. The standard InChI is InChI=1S/C12H16N2O3S/c15-11(16)8-13-3-1-4-14(6-5-13)12(17)10-2-7-18-9-10/h2,7,9H,1,3-6,8H2,(H,15,16). The zero-order valence-corrected chi connectivity index (χ0v) is 10.9. The Bertz CT molecular complexity index is 419. The summed E-state index contributed by atoms with van der Waals surface area (Å²) in [7, 11) is 0. The van der Waals surface area contributed by atoms with Crippen molar-refractivity contribution in [2.24, 2.45) is 0 Å². The van der Waals surface area contributed by atoms with Crippen molar-refractivity contribution in [2.45, 2.75) is 6.42 Å². The number of hydrogen-bond donors (Lipinski definition) is 1. The van der Waals surface area contributed by atoms with Crippen LogP contribution in [-0.4, -0.2) is 59.5 Å². The maximum absolute atomic E-state index is 12.1. The van der Waals surface area contributed by atoms with Crippen molar-refractivity contribution in [3.05, 3.63) is 22.4 Å². The van der Waals surface area contributed by atoms with E-state index in [1.807, 2.05) is 26.6 Å². The summed E-state index contributed by atoms with van der Waals surface area (Å²) in [5.41, 5.74) is 0.728. The number of aliphatic carboxylic acids is 1. The molecule has 1 amide bonds. The minimum atomic E-state index is -0.812. The Kier molecular flexibility index (Phi) is 4.33. The fourth-order valence-corrected chi connectivity index (χ4v) is 2.72. The van der Waals surface area contributed by atoms with Crippen molar-refractivity contribution in [1.29, 1.82) is 0 Å². The van der Waals surface area contributed by atoms with E-state index in [2.05, 4.69) is 0 Å². The topological polar surface area (TPSA) is 60.9 Å². The highest BCUT2D eigenvalue weighted by molar-refractivity contribution is 7.08. The highest BCUT2D eigenvalue weighted by Crippen LogP contribution is 2.12. The molecule has 0 atom stereocenters. The zero-order chi connectivity index (χ0) is 13.0. The molecule has 0 spiro atoms. The van der Waals surface area contributed by atoms with E-state index in [1.54, 1.807) is 0 Å². The van der Waals surface area contributed by atoms with E-state index >= 15 is 0 Å². The van der Waals surface area contributed by atoms with Gasteiger partial charge in [0.15, 0.2) is 0 Å². The van der Waals surface area contributed by atoms with E-state index < -0.39 is 5.97 Å². The van der Waals surface area contributed by atoms with Gasteiger partial charge in [-0.3, -0.25) is 14.5 Å². The molecule has 0 aliphatic carbocycles. The third-order valence-electron chi connectivity index (χ3n) is 3.00. The van der Waals surface area contributed by atoms with Crippen molar-refractivity contribution in [3.63, 3.8) is 0 Å². The van der Waals surface area contributed by atoms with Crippen LogP contribution in [0.4, 0.5) is 0 Å². The van der Waals surface area contributed by atoms with Gasteiger partial charge in [0.25, 0.3) is 5.91 Å². The Morgan fingerprint density at radius 2 is 2.11 bits per heavy atom. The van der Waals surface area contributed by atoms with Crippen molar-refractivity contribution in [3.8, 4) is 0 Å². The largest absolute Gasteiger partial charge is 0.480 e. The van der Waals surface area contributed by atoms with E-state index in [0.717, 1.165) is 18.5 Å². The van der Waals surface area contributed by atoms with E-state index in [0.29, 0.717) is 19.6 Å². The number of amides is 1. The summed E-state index contributed by atoms with van der Waals surface area (Å²) in [6.45, 7) is 2.72. The molecule has 6 heteroatoms. The monoisotopic (exact) mass is 268 g/mol. The number of carbonyl (C=O) groups is 2. The first-order valence-electron chi connectivity index (χ1n) is 5.92. The number of carboxylic acid groups (broad SMARTS) is 1. The summed E-state index contributed by atoms with van der Waals surface area (Å²) in [6.07, 6.45) is 0.823. The van der Waals surface area contributed by atoms with Crippen LogP contribution in [0.5, 0.6) is 0 Å². The lowest BCUT2D eigenvalue weighted by Gasteiger charge is -2.20. The SMILES string of the molecule is O=C(O)CN1CCCN(C(=O)c2ccsc2)CC1. The first-order chi connectivity index (χ1) is 8.66. The molecule has 2 heterocycles. The molecule has 1 aromatic rings. The third kappa shape index (κ3) is 3.30. The lowest BCUT2D eigenvalue weighted by Crippen LogP contribution is -2.36. The van der Waals surface area contributed by atoms with Crippen LogP contribution < -0.4 is 0 Å². The van der Waals surface area contributed by atoms with Gasteiger partial charge in [-0.25, -0.2) is 0 Å². The van der Waals surface area contributed by atoms with Crippen molar-refractivity contribution in [1.82, 2.24) is 9.80 Å². The quantitative estimate of drug-likeness (QED) is 0.887. The Hall–Kier alpha value is -1.40. The first-order valence-corrected chi connectivity index (χ1v) is 6.87. The highest BCUT2D eigenvalue weighted by atomic mass is 32.1. The number of nitrogens with zero attached hydrogens (tertiary/aromatic N) is 2. The number of carbonyl (C=O) groups excluding carboxylic acids is 1. The normalized spacial score (nSPS) is 17.4. The maximum atomic E-state index is 12.1. The van der Waals surface area contributed by atoms with E-state index in [1.165, 1.54) is 11.3 Å². The molecular formula is C12H16N2O3S. The first kappa shape index (κ1) is 13.0. The summed E-state index contributed by atoms with van der Waals surface area (Å²) in [5.74, 6) is -0.763. The fourth-order valence-electron chi connectivity index (χ4n) is 2.09. The van der Waals surface area contributed by atoms with E-state index in [9.17, 15) is 9.59 Å². The lowest BCUT2D eigenvalue weighted by atomic mass is 10.3. The number of carboxylic acids is 1.